The highest BCUT2D eigenvalue weighted by molar-refractivity contribution is 9.10. The molecule has 0 unspecified atom stereocenters. The molecular formula is C12H16BrN5O. The largest absolute Gasteiger partial charge is 0.369 e. The molecule has 0 amide bonds. The highest BCUT2D eigenvalue weighted by Crippen LogP contribution is 2.13. The van der Waals surface area contributed by atoms with Crippen molar-refractivity contribution < 1.29 is 4.52 Å². The van der Waals surface area contributed by atoms with Gasteiger partial charge in [0.15, 0.2) is 5.82 Å². The van der Waals surface area contributed by atoms with Crippen molar-refractivity contribution in [1.29, 1.82) is 0 Å². The van der Waals surface area contributed by atoms with Crippen molar-refractivity contribution in [3.8, 4) is 0 Å². The maximum absolute atomic E-state index is 5.05. The third kappa shape index (κ3) is 4.27. The van der Waals surface area contributed by atoms with Gasteiger partial charge < -0.3 is 9.84 Å². The van der Waals surface area contributed by atoms with Crippen LogP contribution in [0.1, 0.15) is 30.9 Å². The summed E-state index contributed by atoms with van der Waals surface area (Å²) in [7, 11) is 0. The van der Waals surface area contributed by atoms with Crippen LogP contribution in [0.3, 0.4) is 0 Å². The van der Waals surface area contributed by atoms with Gasteiger partial charge in [-0.1, -0.05) is 12.1 Å². The van der Waals surface area contributed by atoms with Crippen LogP contribution in [-0.4, -0.2) is 26.7 Å². The summed E-state index contributed by atoms with van der Waals surface area (Å²) in [4.78, 5) is 12.9. The lowest BCUT2D eigenvalue weighted by atomic mass is 10.3. The minimum absolute atomic E-state index is 0.631. The molecule has 0 spiro atoms. The Kier molecular flexibility index (Phi) is 4.84. The quantitative estimate of drug-likeness (QED) is 0.822. The maximum Gasteiger partial charge on any atom is 0.228 e. The van der Waals surface area contributed by atoms with Crippen molar-refractivity contribution in [1.82, 2.24) is 20.1 Å². The molecule has 2 rings (SSSR count). The van der Waals surface area contributed by atoms with E-state index in [1.54, 1.807) is 6.92 Å². The molecule has 19 heavy (non-hydrogen) atoms. The van der Waals surface area contributed by atoms with E-state index in [9.17, 15) is 0 Å². The third-order valence-corrected chi connectivity index (χ3v) is 2.84. The predicted octanol–water partition coefficient (Wildman–Crippen LogP) is 2.54. The van der Waals surface area contributed by atoms with E-state index in [2.05, 4.69) is 48.3 Å². The molecule has 0 atom stereocenters. The van der Waals surface area contributed by atoms with E-state index in [0.717, 1.165) is 29.1 Å². The minimum atomic E-state index is 0.631. The predicted molar refractivity (Wildman–Crippen MR) is 75.0 cm³/mol. The van der Waals surface area contributed by atoms with E-state index < -0.39 is 0 Å². The molecule has 2 heterocycles. The molecule has 0 saturated heterocycles. The van der Waals surface area contributed by atoms with Gasteiger partial charge in [-0.15, -0.1) is 0 Å². The van der Waals surface area contributed by atoms with Gasteiger partial charge >= 0.3 is 0 Å². The Morgan fingerprint density at radius 3 is 2.79 bits per heavy atom. The Morgan fingerprint density at radius 1 is 1.26 bits per heavy atom. The SMILES string of the molecule is CCCc1nc(Br)cc(NCCc2nc(C)no2)n1. The van der Waals surface area contributed by atoms with E-state index in [0.29, 0.717) is 24.7 Å². The highest BCUT2D eigenvalue weighted by atomic mass is 79.9. The number of halogens is 1. The van der Waals surface area contributed by atoms with Crippen LogP contribution in [0.4, 0.5) is 5.82 Å². The lowest BCUT2D eigenvalue weighted by Gasteiger charge is -2.06. The maximum atomic E-state index is 5.05. The van der Waals surface area contributed by atoms with Crippen LogP contribution >= 0.6 is 15.9 Å². The molecule has 7 heteroatoms. The fourth-order valence-corrected chi connectivity index (χ4v) is 2.05. The van der Waals surface area contributed by atoms with Gasteiger partial charge in [0, 0.05) is 25.5 Å². The standard InChI is InChI=1S/C12H16BrN5O/c1-3-4-10-16-9(13)7-11(17-10)14-6-5-12-15-8(2)18-19-12/h7H,3-6H2,1-2H3,(H,14,16,17). The van der Waals surface area contributed by atoms with Crippen molar-refractivity contribution in [2.45, 2.75) is 33.1 Å². The molecule has 0 saturated carbocycles. The minimum Gasteiger partial charge on any atom is -0.369 e. The zero-order chi connectivity index (χ0) is 13.7. The lowest BCUT2D eigenvalue weighted by molar-refractivity contribution is 0.377. The van der Waals surface area contributed by atoms with Gasteiger partial charge in [-0.2, -0.15) is 4.98 Å². The molecule has 0 radical (unpaired) electrons. The second-order valence-corrected chi connectivity index (χ2v) is 4.97. The van der Waals surface area contributed by atoms with Crippen LogP contribution < -0.4 is 5.32 Å². The molecule has 0 aliphatic rings. The number of anilines is 1. The van der Waals surface area contributed by atoms with Gasteiger partial charge in [0.25, 0.3) is 0 Å². The first kappa shape index (κ1) is 13.9. The molecule has 0 bridgehead atoms. The number of aromatic nitrogens is 4. The number of aryl methyl sites for hydroxylation is 2. The van der Waals surface area contributed by atoms with Crippen molar-refractivity contribution in [3.63, 3.8) is 0 Å². The molecule has 0 fully saturated rings. The first-order valence-electron chi connectivity index (χ1n) is 6.24. The number of rotatable bonds is 6. The summed E-state index contributed by atoms with van der Waals surface area (Å²) in [6.45, 7) is 4.60. The van der Waals surface area contributed by atoms with Gasteiger partial charge in [0.2, 0.25) is 5.89 Å². The topological polar surface area (TPSA) is 76.7 Å². The zero-order valence-corrected chi connectivity index (χ0v) is 12.6. The molecule has 0 aromatic carbocycles. The van der Waals surface area contributed by atoms with Gasteiger partial charge in [-0.25, -0.2) is 9.97 Å². The Morgan fingerprint density at radius 2 is 2.11 bits per heavy atom. The first-order chi connectivity index (χ1) is 9.17. The summed E-state index contributed by atoms with van der Waals surface area (Å²) < 4.78 is 5.84. The van der Waals surface area contributed by atoms with E-state index in [1.807, 2.05) is 6.07 Å². The number of nitrogens with zero attached hydrogens (tertiary/aromatic N) is 4. The Balaban J connectivity index is 1.91. The summed E-state index contributed by atoms with van der Waals surface area (Å²) in [5, 5.41) is 6.98. The van der Waals surface area contributed by atoms with E-state index >= 15 is 0 Å². The summed E-state index contributed by atoms with van der Waals surface area (Å²) in [6.07, 6.45) is 2.57. The monoisotopic (exact) mass is 325 g/mol. The normalized spacial score (nSPS) is 10.7. The highest BCUT2D eigenvalue weighted by Gasteiger charge is 2.04. The second-order valence-electron chi connectivity index (χ2n) is 4.15. The van der Waals surface area contributed by atoms with E-state index in [1.165, 1.54) is 0 Å². The van der Waals surface area contributed by atoms with Crippen LogP contribution in [0.15, 0.2) is 15.2 Å². The van der Waals surface area contributed by atoms with Crippen LogP contribution in [0.5, 0.6) is 0 Å². The second kappa shape index (κ2) is 6.60. The summed E-state index contributed by atoms with van der Waals surface area (Å²) in [5.74, 6) is 2.94. The summed E-state index contributed by atoms with van der Waals surface area (Å²) >= 11 is 3.39. The smallest absolute Gasteiger partial charge is 0.228 e. The van der Waals surface area contributed by atoms with Crippen molar-refractivity contribution in [2.24, 2.45) is 0 Å². The van der Waals surface area contributed by atoms with Gasteiger partial charge in [0.05, 0.1) is 0 Å². The van der Waals surface area contributed by atoms with Gasteiger partial charge in [0.1, 0.15) is 16.2 Å². The summed E-state index contributed by atoms with van der Waals surface area (Å²) in [5.41, 5.74) is 0. The fourth-order valence-electron chi connectivity index (χ4n) is 1.63. The molecule has 0 aliphatic heterocycles. The van der Waals surface area contributed by atoms with Crippen LogP contribution in [0, 0.1) is 6.92 Å². The first-order valence-corrected chi connectivity index (χ1v) is 7.03. The molecular weight excluding hydrogens is 310 g/mol. The Bertz CT molecular complexity index is 543. The molecule has 1 N–H and O–H groups in total. The summed E-state index contributed by atoms with van der Waals surface area (Å²) in [6, 6.07) is 1.86. The Labute approximate surface area is 120 Å². The van der Waals surface area contributed by atoms with Gasteiger partial charge in [-0.05, 0) is 29.3 Å². The van der Waals surface area contributed by atoms with Crippen molar-refractivity contribution in [3.05, 3.63) is 28.2 Å². The molecule has 6 nitrogen and oxygen atoms in total. The molecule has 2 aromatic rings. The third-order valence-electron chi connectivity index (χ3n) is 2.43. The zero-order valence-electron chi connectivity index (χ0n) is 11.0. The van der Waals surface area contributed by atoms with Crippen LogP contribution in [-0.2, 0) is 12.8 Å². The van der Waals surface area contributed by atoms with E-state index in [4.69, 9.17) is 4.52 Å². The number of hydrogen-bond acceptors (Lipinski definition) is 6. The van der Waals surface area contributed by atoms with Crippen molar-refractivity contribution >= 4 is 21.7 Å². The average Bonchev–Trinajstić information content (AvgIpc) is 2.75. The van der Waals surface area contributed by atoms with Gasteiger partial charge in [-0.3, -0.25) is 0 Å². The van der Waals surface area contributed by atoms with Crippen LogP contribution in [0.25, 0.3) is 0 Å². The number of nitrogens with one attached hydrogen (secondary N) is 1. The average molecular weight is 326 g/mol. The Hall–Kier alpha value is -1.50. The van der Waals surface area contributed by atoms with Crippen LogP contribution in [0.2, 0.25) is 0 Å². The lowest BCUT2D eigenvalue weighted by Crippen LogP contribution is -2.08. The molecule has 102 valence electrons. The number of hydrogen-bond donors (Lipinski definition) is 1. The fraction of sp³-hybridized carbons (Fsp3) is 0.500. The molecule has 0 aliphatic carbocycles. The van der Waals surface area contributed by atoms with E-state index in [-0.39, 0.29) is 0 Å². The van der Waals surface area contributed by atoms with Crippen molar-refractivity contribution in [2.75, 3.05) is 11.9 Å². The molecule has 2 aromatic heterocycles.